The van der Waals surface area contributed by atoms with Crippen molar-refractivity contribution < 1.29 is 14.6 Å². The summed E-state index contributed by atoms with van der Waals surface area (Å²) in [5.74, 6) is 2.25. The zero-order chi connectivity index (χ0) is 23.6. The Kier molecular flexibility index (Phi) is 4.73. The second-order valence-corrected chi connectivity index (χ2v) is 9.24. The highest BCUT2D eigenvalue weighted by molar-refractivity contribution is 6.30. The predicted molar refractivity (Wildman–Crippen MR) is 127 cm³/mol. The molecule has 1 aliphatic carbocycles. The number of halogens is 1. The molecule has 2 aliphatic heterocycles. The number of anilines is 1. The van der Waals surface area contributed by atoms with Gasteiger partial charge in [0.15, 0.2) is 17.3 Å². The molecule has 10 nitrogen and oxygen atoms in total. The van der Waals surface area contributed by atoms with Crippen LogP contribution in [0.4, 0.5) is 10.7 Å². The molecule has 3 N–H and O–H groups in total. The molecule has 0 spiro atoms. The fraction of sp³-hybridized carbons (Fsp3) is 0.348. The number of imidazole rings is 1. The highest BCUT2D eigenvalue weighted by atomic mass is 35.5. The Balaban J connectivity index is 1.62. The van der Waals surface area contributed by atoms with Crippen molar-refractivity contribution in [3.63, 3.8) is 0 Å². The first kappa shape index (κ1) is 20.9. The average Bonchev–Trinajstić information content (AvgIpc) is 3.19. The first-order valence-corrected chi connectivity index (χ1v) is 11.5. The summed E-state index contributed by atoms with van der Waals surface area (Å²) in [6.07, 6.45) is 0.715. The third kappa shape index (κ3) is 3.20. The lowest BCUT2D eigenvalue weighted by Crippen LogP contribution is -2.45. The van der Waals surface area contributed by atoms with Crippen LogP contribution in [0, 0.1) is 11.8 Å². The minimum Gasteiger partial charge on any atom is -0.494 e. The number of hydrogen-bond acceptors (Lipinski definition) is 6. The zero-order valence-corrected chi connectivity index (χ0v) is 19.2. The number of carbonyl (C=O) groups is 1. The Hall–Kier alpha value is -3.66. The summed E-state index contributed by atoms with van der Waals surface area (Å²) in [4.78, 5) is 30.8. The van der Waals surface area contributed by atoms with E-state index in [1.54, 1.807) is 12.1 Å². The van der Waals surface area contributed by atoms with E-state index in [4.69, 9.17) is 32.2 Å². The van der Waals surface area contributed by atoms with E-state index in [-0.39, 0.29) is 11.7 Å². The number of rotatable bonds is 2. The van der Waals surface area contributed by atoms with Gasteiger partial charge < -0.3 is 25.0 Å². The lowest BCUT2D eigenvalue weighted by atomic mass is 9.83. The van der Waals surface area contributed by atoms with Crippen LogP contribution in [0.2, 0.25) is 5.02 Å². The molecule has 34 heavy (non-hydrogen) atoms. The van der Waals surface area contributed by atoms with Gasteiger partial charge in [-0.1, -0.05) is 30.7 Å². The van der Waals surface area contributed by atoms with E-state index in [1.807, 2.05) is 12.1 Å². The van der Waals surface area contributed by atoms with E-state index in [9.17, 15) is 4.79 Å². The maximum atomic E-state index is 11.1. The molecule has 3 aliphatic rings. The van der Waals surface area contributed by atoms with E-state index < -0.39 is 6.09 Å². The molecule has 2 aromatic heterocycles. The highest BCUT2D eigenvalue weighted by Gasteiger charge is 2.41. The molecule has 3 aromatic rings. The molecule has 0 radical (unpaired) electrons. The minimum atomic E-state index is -1.42. The van der Waals surface area contributed by atoms with Crippen LogP contribution in [0.5, 0.6) is 0 Å². The van der Waals surface area contributed by atoms with E-state index in [0.29, 0.717) is 41.4 Å². The lowest BCUT2D eigenvalue weighted by Gasteiger charge is -2.45. The number of amides is 1. The van der Waals surface area contributed by atoms with Gasteiger partial charge in [-0.3, -0.25) is 0 Å². The largest absolute Gasteiger partial charge is 0.494 e. The molecule has 2 atom stereocenters. The smallest absolute Gasteiger partial charge is 0.433 e. The summed E-state index contributed by atoms with van der Waals surface area (Å²) in [7, 11) is 0. The molecule has 4 heterocycles. The van der Waals surface area contributed by atoms with Gasteiger partial charge in [0.2, 0.25) is 5.95 Å². The zero-order valence-electron chi connectivity index (χ0n) is 18.4. The fourth-order valence-electron chi connectivity index (χ4n) is 5.22. The molecule has 0 saturated heterocycles. The van der Waals surface area contributed by atoms with Crippen molar-refractivity contribution in [1.82, 2.24) is 19.5 Å². The molecule has 0 fully saturated rings. The number of allylic oxidation sites excluding steroid dienone is 2. The second kappa shape index (κ2) is 7.69. The third-order valence-corrected chi connectivity index (χ3v) is 6.90. The van der Waals surface area contributed by atoms with Crippen LogP contribution in [-0.2, 0) is 11.3 Å². The summed E-state index contributed by atoms with van der Waals surface area (Å²) in [5.41, 5.74) is 9.67. The molecule has 174 valence electrons. The molecular weight excluding hydrogens is 458 g/mol. The first-order valence-electron chi connectivity index (χ1n) is 11.2. The van der Waals surface area contributed by atoms with Gasteiger partial charge in [-0.2, -0.15) is 9.98 Å². The topological polar surface area (TPSA) is 132 Å². The molecule has 0 bridgehead atoms. The Morgan fingerprint density at radius 2 is 2.15 bits per heavy atom. The van der Waals surface area contributed by atoms with Gasteiger partial charge in [-0.15, -0.1) is 0 Å². The standard InChI is InChI=1S/C23H22ClN7O3/c1-11-5-6-13-10-31-17-15(12-3-2-4-14(24)9-12)26-21(19(25)27-23(32)33)28-20(17)29-22(31)30-7-8-34-18(11)16(13)30/h2-4,9,11,13H,5-8,10H2,1H3,(H2,25,27)(H,32,33)/t11-,13+/m1/s1. The van der Waals surface area contributed by atoms with E-state index >= 15 is 0 Å². The number of hydrogen-bond donors (Lipinski definition) is 2. The van der Waals surface area contributed by atoms with Crippen LogP contribution in [-0.4, -0.2) is 49.7 Å². The van der Waals surface area contributed by atoms with Gasteiger partial charge in [-0.05, 0) is 25.0 Å². The lowest BCUT2D eigenvalue weighted by molar-refractivity contribution is 0.136. The first-order chi connectivity index (χ1) is 16.4. The van der Waals surface area contributed by atoms with Gasteiger partial charge in [0.25, 0.3) is 0 Å². The van der Waals surface area contributed by atoms with Crippen molar-refractivity contribution in [2.45, 2.75) is 26.3 Å². The maximum Gasteiger partial charge on any atom is 0.433 e. The minimum absolute atomic E-state index is 0.00763. The number of nitrogens with two attached hydrogens (primary N) is 1. The summed E-state index contributed by atoms with van der Waals surface area (Å²) < 4.78 is 8.24. The quantitative estimate of drug-likeness (QED) is 0.420. The number of amidine groups is 1. The summed E-state index contributed by atoms with van der Waals surface area (Å²) in [5, 5.41) is 9.62. The summed E-state index contributed by atoms with van der Waals surface area (Å²) in [6.45, 7) is 4.22. The third-order valence-electron chi connectivity index (χ3n) is 6.67. The van der Waals surface area contributed by atoms with Crippen molar-refractivity contribution in [1.29, 1.82) is 0 Å². The van der Waals surface area contributed by atoms with Gasteiger partial charge in [0.05, 0.1) is 12.2 Å². The van der Waals surface area contributed by atoms with E-state index in [2.05, 4.69) is 31.4 Å². The van der Waals surface area contributed by atoms with Gasteiger partial charge in [0.1, 0.15) is 23.6 Å². The fourth-order valence-corrected chi connectivity index (χ4v) is 5.41. The van der Waals surface area contributed by atoms with Gasteiger partial charge >= 0.3 is 6.09 Å². The monoisotopic (exact) mass is 479 g/mol. The normalized spacial score (nSPS) is 21.8. The molecular formula is C23H22ClN7O3. The van der Waals surface area contributed by atoms with Gasteiger partial charge in [-0.25, -0.2) is 14.8 Å². The number of ether oxygens (including phenoxy) is 1. The number of carboxylic acid groups (broad SMARTS) is 1. The van der Waals surface area contributed by atoms with Crippen molar-refractivity contribution in [2.75, 3.05) is 18.1 Å². The average molecular weight is 480 g/mol. The number of fused-ring (bicyclic) bond motifs is 4. The van der Waals surface area contributed by atoms with Crippen LogP contribution in [0.1, 0.15) is 25.6 Å². The Labute approximate surface area is 199 Å². The number of benzene rings is 1. The number of aliphatic imine (C=N–C) groups is 1. The van der Waals surface area contributed by atoms with E-state index in [0.717, 1.165) is 42.2 Å². The molecule has 0 unspecified atom stereocenters. The molecule has 1 amide bonds. The molecule has 0 saturated carbocycles. The maximum absolute atomic E-state index is 11.1. The summed E-state index contributed by atoms with van der Waals surface area (Å²) in [6, 6.07) is 7.32. The van der Waals surface area contributed by atoms with Crippen LogP contribution < -0.4 is 10.6 Å². The number of nitrogens with zero attached hydrogens (tertiary/aromatic N) is 6. The Morgan fingerprint density at radius 1 is 1.29 bits per heavy atom. The Bertz CT molecular complexity index is 1410. The predicted octanol–water partition coefficient (Wildman–Crippen LogP) is 3.64. The second-order valence-electron chi connectivity index (χ2n) is 8.81. The van der Waals surface area contributed by atoms with Crippen molar-refractivity contribution >= 4 is 40.6 Å². The van der Waals surface area contributed by atoms with Crippen molar-refractivity contribution in [3.05, 3.63) is 46.6 Å². The molecule has 11 heteroatoms. The van der Waals surface area contributed by atoms with Crippen LogP contribution in [0.15, 0.2) is 40.7 Å². The van der Waals surface area contributed by atoms with Crippen LogP contribution >= 0.6 is 11.6 Å². The molecule has 1 aromatic carbocycles. The van der Waals surface area contributed by atoms with E-state index in [1.165, 1.54) is 5.70 Å². The molecule has 6 rings (SSSR count). The Morgan fingerprint density at radius 3 is 2.94 bits per heavy atom. The SMILES string of the molecule is C[C@@H]1CC[C@H]2Cn3c(nc4nc(/C(N)=N/C(=O)O)nc(-c5cccc(Cl)c5)c43)N3CCOC1=C23. The van der Waals surface area contributed by atoms with Gasteiger partial charge in [0, 0.05) is 29.0 Å². The van der Waals surface area contributed by atoms with Crippen LogP contribution in [0.3, 0.4) is 0 Å². The van der Waals surface area contributed by atoms with Crippen LogP contribution in [0.25, 0.3) is 22.4 Å². The number of aromatic nitrogens is 4. The summed E-state index contributed by atoms with van der Waals surface area (Å²) >= 11 is 6.29. The van der Waals surface area contributed by atoms with Crippen molar-refractivity contribution in [3.8, 4) is 11.3 Å². The highest BCUT2D eigenvalue weighted by Crippen LogP contribution is 2.46. The van der Waals surface area contributed by atoms with Crippen molar-refractivity contribution in [2.24, 2.45) is 22.6 Å².